The van der Waals surface area contributed by atoms with Gasteiger partial charge in [-0.3, -0.25) is 4.79 Å². The van der Waals surface area contributed by atoms with Crippen LogP contribution in [0, 0.1) is 13.8 Å². The molecule has 150 valence electrons. The predicted octanol–water partition coefficient (Wildman–Crippen LogP) is 3.49. The maximum atomic E-state index is 12.6. The van der Waals surface area contributed by atoms with E-state index in [4.69, 9.17) is 4.74 Å². The van der Waals surface area contributed by atoms with E-state index >= 15 is 0 Å². The van der Waals surface area contributed by atoms with E-state index < -0.39 is 16.1 Å². The topological polar surface area (TPSA) is 75.7 Å². The minimum atomic E-state index is -3.45. The third-order valence-corrected chi connectivity index (χ3v) is 6.74. The van der Waals surface area contributed by atoms with Gasteiger partial charge in [0.2, 0.25) is 10.0 Å². The fourth-order valence-electron chi connectivity index (χ4n) is 3.21. The quantitative estimate of drug-likeness (QED) is 0.802. The minimum Gasteiger partial charge on any atom is -0.481 e. The molecule has 1 fully saturated rings. The number of nitrogens with one attached hydrogen (secondary N) is 1. The molecule has 2 aromatic rings. The van der Waals surface area contributed by atoms with E-state index in [1.54, 1.807) is 19.1 Å². The number of carbonyl (C=O) groups is 1. The van der Waals surface area contributed by atoms with Crippen molar-refractivity contribution in [2.24, 2.45) is 0 Å². The molecule has 0 spiro atoms. The number of anilines is 1. The molecule has 1 unspecified atom stereocenters. The number of ether oxygens (including phenoxy) is 1. The van der Waals surface area contributed by atoms with Crippen molar-refractivity contribution in [3.05, 3.63) is 53.6 Å². The Bertz CT molecular complexity index is 949. The summed E-state index contributed by atoms with van der Waals surface area (Å²) in [7, 11) is -3.45. The molecular formula is C21H26N2O4S. The third kappa shape index (κ3) is 4.54. The van der Waals surface area contributed by atoms with Crippen LogP contribution in [0.4, 0.5) is 5.69 Å². The van der Waals surface area contributed by atoms with Gasteiger partial charge in [0.15, 0.2) is 6.10 Å². The molecule has 28 heavy (non-hydrogen) atoms. The molecule has 1 heterocycles. The Hall–Kier alpha value is -2.38. The van der Waals surface area contributed by atoms with Crippen LogP contribution in [-0.4, -0.2) is 37.8 Å². The van der Waals surface area contributed by atoms with Crippen LogP contribution < -0.4 is 10.1 Å². The summed E-state index contributed by atoms with van der Waals surface area (Å²) < 4.78 is 32.4. The van der Waals surface area contributed by atoms with Gasteiger partial charge in [0.05, 0.1) is 4.90 Å². The molecule has 3 rings (SSSR count). The summed E-state index contributed by atoms with van der Waals surface area (Å²) in [6.07, 6.45) is 1.10. The molecule has 0 aromatic heterocycles. The Labute approximate surface area is 166 Å². The van der Waals surface area contributed by atoms with Crippen molar-refractivity contribution in [3.8, 4) is 5.75 Å². The summed E-state index contributed by atoms with van der Waals surface area (Å²) in [5.74, 6) is 0.371. The van der Waals surface area contributed by atoms with Gasteiger partial charge in [0, 0.05) is 18.8 Å². The van der Waals surface area contributed by atoms with Gasteiger partial charge >= 0.3 is 0 Å². The largest absolute Gasteiger partial charge is 0.481 e. The fraction of sp³-hybridized carbons (Fsp3) is 0.381. The average Bonchev–Trinajstić information content (AvgIpc) is 3.20. The van der Waals surface area contributed by atoms with Crippen LogP contribution in [0.25, 0.3) is 0 Å². The van der Waals surface area contributed by atoms with Crippen molar-refractivity contribution < 1.29 is 17.9 Å². The fourth-order valence-corrected chi connectivity index (χ4v) is 4.72. The lowest BCUT2D eigenvalue weighted by Gasteiger charge is -2.17. The average molecular weight is 403 g/mol. The summed E-state index contributed by atoms with van der Waals surface area (Å²) in [6.45, 7) is 6.75. The highest BCUT2D eigenvalue weighted by atomic mass is 32.2. The molecule has 0 aliphatic carbocycles. The zero-order valence-corrected chi connectivity index (χ0v) is 17.3. The number of amides is 1. The molecule has 0 radical (unpaired) electrons. The van der Waals surface area contributed by atoms with Gasteiger partial charge in [-0.15, -0.1) is 0 Å². The molecule has 1 N–H and O–H groups in total. The van der Waals surface area contributed by atoms with E-state index in [-0.39, 0.29) is 10.8 Å². The lowest BCUT2D eigenvalue weighted by molar-refractivity contribution is -0.122. The second-order valence-electron chi connectivity index (χ2n) is 7.15. The zero-order valence-electron chi connectivity index (χ0n) is 16.4. The van der Waals surface area contributed by atoms with Gasteiger partial charge in [-0.25, -0.2) is 8.42 Å². The maximum absolute atomic E-state index is 12.6. The second-order valence-corrected chi connectivity index (χ2v) is 9.09. The van der Waals surface area contributed by atoms with E-state index in [1.807, 2.05) is 32.0 Å². The number of benzene rings is 2. The van der Waals surface area contributed by atoms with E-state index in [0.29, 0.717) is 24.5 Å². The number of nitrogens with zero attached hydrogens (tertiary/aromatic N) is 1. The van der Waals surface area contributed by atoms with Gasteiger partial charge in [-0.05, 0) is 69.5 Å². The molecule has 0 saturated carbocycles. The highest BCUT2D eigenvalue weighted by molar-refractivity contribution is 7.89. The Morgan fingerprint density at radius 1 is 1.07 bits per heavy atom. The summed E-state index contributed by atoms with van der Waals surface area (Å²) in [4.78, 5) is 12.7. The summed E-state index contributed by atoms with van der Waals surface area (Å²) in [6, 6.07) is 12.0. The van der Waals surface area contributed by atoms with Crippen LogP contribution in [0.3, 0.4) is 0 Å². The van der Waals surface area contributed by atoms with Gasteiger partial charge in [0.25, 0.3) is 5.91 Å². The van der Waals surface area contributed by atoms with Crippen molar-refractivity contribution in [2.75, 3.05) is 18.4 Å². The standard InChI is InChI=1S/C21H26N2O4S/c1-15-6-11-20(16(2)14-15)27-17(3)21(24)22-18-7-9-19(10-8-18)28(25,26)23-12-4-5-13-23/h6-11,14,17H,4-5,12-13H2,1-3H3,(H,22,24). The molecule has 1 aliphatic rings. The number of hydrogen-bond donors (Lipinski definition) is 1. The number of aryl methyl sites for hydroxylation is 2. The van der Waals surface area contributed by atoms with Crippen LogP contribution in [-0.2, 0) is 14.8 Å². The molecule has 1 amide bonds. The van der Waals surface area contributed by atoms with E-state index in [1.165, 1.54) is 16.4 Å². The van der Waals surface area contributed by atoms with Gasteiger partial charge in [-0.1, -0.05) is 17.7 Å². The number of rotatable bonds is 6. The van der Waals surface area contributed by atoms with Crippen molar-refractivity contribution >= 4 is 21.6 Å². The van der Waals surface area contributed by atoms with Crippen LogP contribution in [0.1, 0.15) is 30.9 Å². The van der Waals surface area contributed by atoms with Crippen LogP contribution in [0.5, 0.6) is 5.75 Å². The van der Waals surface area contributed by atoms with Crippen molar-refractivity contribution in [3.63, 3.8) is 0 Å². The minimum absolute atomic E-state index is 0.243. The van der Waals surface area contributed by atoms with Crippen LogP contribution in [0.15, 0.2) is 47.4 Å². The zero-order chi connectivity index (χ0) is 20.3. The molecule has 6 nitrogen and oxygen atoms in total. The van der Waals surface area contributed by atoms with Crippen molar-refractivity contribution in [1.29, 1.82) is 0 Å². The summed E-state index contributed by atoms with van der Waals surface area (Å²) in [5.41, 5.74) is 2.63. The number of hydrogen-bond acceptors (Lipinski definition) is 4. The van der Waals surface area contributed by atoms with Crippen LogP contribution >= 0.6 is 0 Å². The van der Waals surface area contributed by atoms with E-state index in [9.17, 15) is 13.2 Å². The predicted molar refractivity (Wildman–Crippen MR) is 109 cm³/mol. The highest BCUT2D eigenvalue weighted by Crippen LogP contribution is 2.23. The van der Waals surface area contributed by atoms with Crippen molar-refractivity contribution in [1.82, 2.24) is 4.31 Å². The lowest BCUT2D eigenvalue weighted by atomic mass is 10.1. The lowest BCUT2D eigenvalue weighted by Crippen LogP contribution is -2.30. The Morgan fingerprint density at radius 2 is 1.71 bits per heavy atom. The molecule has 0 bridgehead atoms. The smallest absolute Gasteiger partial charge is 0.265 e. The van der Waals surface area contributed by atoms with E-state index in [0.717, 1.165) is 24.0 Å². The maximum Gasteiger partial charge on any atom is 0.265 e. The number of sulfonamides is 1. The Morgan fingerprint density at radius 3 is 2.32 bits per heavy atom. The molecule has 1 atom stereocenters. The monoisotopic (exact) mass is 402 g/mol. The Kier molecular flexibility index (Phi) is 6.05. The molecule has 7 heteroatoms. The Balaban J connectivity index is 1.63. The first-order chi connectivity index (χ1) is 13.3. The third-order valence-electron chi connectivity index (χ3n) is 4.83. The highest BCUT2D eigenvalue weighted by Gasteiger charge is 2.27. The normalized spacial score (nSPS) is 16.0. The van der Waals surface area contributed by atoms with Gasteiger partial charge in [0.1, 0.15) is 5.75 Å². The first-order valence-electron chi connectivity index (χ1n) is 9.42. The second kappa shape index (κ2) is 8.32. The SMILES string of the molecule is Cc1ccc(OC(C)C(=O)Nc2ccc(S(=O)(=O)N3CCCC3)cc2)c(C)c1. The van der Waals surface area contributed by atoms with Gasteiger partial charge in [-0.2, -0.15) is 4.31 Å². The number of carbonyl (C=O) groups excluding carboxylic acids is 1. The van der Waals surface area contributed by atoms with Gasteiger partial charge < -0.3 is 10.1 Å². The molecular weight excluding hydrogens is 376 g/mol. The summed E-state index contributed by atoms with van der Waals surface area (Å²) in [5, 5.41) is 2.77. The first kappa shape index (κ1) is 20.4. The molecule has 2 aromatic carbocycles. The molecule has 1 aliphatic heterocycles. The van der Waals surface area contributed by atoms with Crippen LogP contribution in [0.2, 0.25) is 0 Å². The molecule has 1 saturated heterocycles. The van der Waals surface area contributed by atoms with E-state index in [2.05, 4.69) is 5.32 Å². The first-order valence-corrected chi connectivity index (χ1v) is 10.9. The summed E-state index contributed by atoms with van der Waals surface area (Å²) >= 11 is 0. The van der Waals surface area contributed by atoms with Crippen molar-refractivity contribution in [2.45, 2.75) is 44.6 Å².